The maximum atomic E-state index is 12.8. The van der Waals surface area contributed by atoms with Crippen LogP contribution in [0.4, 0.5) is 0 Å². The highest BCUT2D eigenvalue weighted by Gasteiger charge is 2.56. The van der Waals surface area contributed by atoms with Gasteiger partial charge in [-0.25, -0.2) is 0 Å². The van der Waals surface area contributed by atoms with Gasteiger partial charge in [-0.2, -0.15) is 0 Å². The minimum absolute atomic E-state index is 0.127. The van der Waals surface area contributed by atoms with Gasteiger partial charge in [-0.3, -0.25) is 0 Å². The van der Waals surface area contributed by atoms with Crippen molar-refractivity contribution in [3.63, 3.8) is 0 Å². The second-order valence-corrected chi connectivity index (χ2v) is 51.4. The molecule has 0 saturated carbocycles. The molecular formula is C120H236O7. The minimum atomic E-state index is -0.911. The predicted molar refractivity (Wildman–Crippen MR) is 559 cm³/mol. The van der Waals surface area contributed by atoms with E-state index in [1.807, 2.05) is 0 Å². The lowest BCUT2D eigenvalue weighted by Crippen LogP contribution is -2.56. The van der Waals surface area contributed by atoms with Crippen LogP contribution in [-0.2, 0) is 23.7 Å². The molecule has 0 aliphatic carbocycles. The zero-order chi connectivity index (χ0) is 94.8. The summed E-state index contributed by atoms with van der Waals surface area (Å²) in [5, 5.41) is 25.6. The van der Waals surface area contributed by atoms with Gasteiger partial charge in [0.1, 0.15) is 0 Å². The van der Waals surface area contributed by atoms with Crippen molar-refractivity contribution in [3.8, 4) is 0 Å². The van der Waals surface area contributed by atoms with Crippen LogP contribution in [-0.4, -0.2) is 80.4 Å². The van der Waals surface area contributed by atoms with Gasteiger partial charge in [0.05, 0.1) is 70.2 Å². The predicted octanol–water partition coefficient (Wildman–Crippen LogP) is 37.8. The highest BCUT2D eigenvalue weighted by Crippen LogP contribution is 2.50. The Morgan fingerprint density at radius 3 is 0.449 bits per heavy atom. The highest BCUT2D eigenvalue weighted by atomic mass is 16.6. The summed E-state index contributed by atoms with van der Waals surface area (Å²) in [5.74, 6) is 13.4. The fraction of sp³-hybridized carbons (Fsp3) is 1.00. The van der Waals surface area contributed by atoms with E-state index < -0.39 is 33.6 Å². The first kappa shape index (κ1) is 121. The van der Waals surface area contributed by atoms with E-state index >= 15 is 0 Å². The van der Waals surface area contributed by atoms with Crippen molar-refractivity contribution in [3.05, 3.63) is 0 Å². The normalized spacial score (nSPS) is 23.8. The average molecular weight is 1790 g/mol. The van der Waals surface area contributed by atoms with Crippen LogP contribution >= 0.6 is 0 Å². The van der Waals surface area contributed by atoms with E-state index in [4.69, 9.17) is 23.7 Å². The molecule has 0 amide bonds. The van der Waals surface area contributed by atoms with Crippen LogP contribution in [0.1, 0.15) is 593 Å². The van der Waals surface area contributed by atoms with E-state index in [9.17, 15) is 10.2 Å². The maximum Gasteiger partial charge on any atom is 0.0923 e. The summed E-state index contributed by atoms with van der Waals surface area (Å²) in [6.45, 7) is 72.7. The molecule has 24 atom stereocenters. The number of ether oxygens (including phenoxy) is 5. The molecule has 0 aromatic rings. The molecule has 2 N–H and O–H groups in total. The van der Waals surface area contributed by atoms with Gasteiger partial charge in [0.25, 0.3) is 0 Å². The van der Waals surface area contributed by atoms with Gasteiger partial charge in [-0.05, 0) is 225 Å². The minimum Gasteiger partial charge on any atom is -0.387 e. The quantitative estimate of drug-likeness (QED) is 0.0627. The van der Waals surface area contributed by atoms with Gasteiger partial charge >= 0.3 is 0 Å². The monoisotopic (exact) mass is 1790 g/mol. The fourth-order valence-electron chi connectivity index (χ4n) is 23.8. The molecule has 3 heterocycles. The first-order valence-corrected chi connectivity index (χ1v) is 57.6. The summed E-state index contributed by atoms with van der Waals surface area (Å²) in [5.41, 5.74) is -4.20. The number of rotatable bonds is 82. The molecule has 0 bridgehead atoms. The lowest BCUT2D eigenvalue weighted by atomic mass is 9.82. The van der Waals surface area contributed by atoms with E-state index in [0.29, 0.717) is 35.5 Å². The lowest BCUT2D eigenvalue weighted by Gasteiger charge is -2.48. The van der Waals surface area contributed by atoms with Crippen LogP contribution in [0.2, 0.25) is 0 Å². The summed E-state index contributed by atoms with van der Waals surface area (Å²) >= 11 is 0. The molecule has 7 heteroatoms. The van der Waals surface area contributed by atoms with Crippen LogP contribution in [0.25, 0.3) is 0 Å². The Labute approximate surface area is 798 Å². The third-order valence-corrected chi connectivity index (χ3v) is 33.6. The molecule has 0 aromatic carbocycles. The van der Waals surface area contributed by atoms with Crippen molar-refractivity contribution >= 4 is 0 Å². The van der Waals surface area contributed by atoms with Crippen molar-refractivity contribution in [1.29, 1.82) is 0 Å². The summed E-state index contributed by atoms with van der Waals surface area (Å²) < 4.78 is 40.2. The molecule has 3 aliphatic heterocycles. The Balaban J connectivity index is 2.19. The highest BCUT2D eigenvalue weighted by molar-refractivity contribution is 5.05. The van der Waals surface area contributed by atoms with Crippen molar-refractivity contribution < 1.29 is 33.9 Å². The van der Waals surface area contributed by atoms with E-state index in [-0.39, 0.29) is 36.6 Å². The first-order chi connectivity index (χ1) is 59.8. The van der Waals surface area contributed by atoms with Crippen LogP contribution in [0.3, 0.4) is 0 Å². The fourth-order valence-corrected chi connectivity index (χ4v) is 23.8. The Kier molecular flexibility index (Phi) is 62.4. The molecule has 3 aliphatic rings. The number of hydrogen-bond acceptors (Lipinski definition) is 7. The third kappa shape index (κ3) is 54.0. The molecule has 127 heavy (non-hydrogen) atoms. The van der Waals surface area contributed by atoms with Gasteiger partial charge < -0.3 is 33.9 Å². The number of hydrogen-bond donors (Lipinski definition) is 2. The number of aliphatic hydroxyl groups is 2. The van der Waals surface area contributed by atoms with E-state index in [0.717, 1.165) is 199 Å². The van der Waals surface area contributed by atoms with Crippen LogP contribution < -0.4 is 0 Å². The second kappa shape index (κ2) is 65.6. The summed E-state index contributed by atoms with van der Waals surface area (Å²) in [6, 6.07) is 0. The molecule has 758 valence electrons. The average Bonchev–Trinajstić information content (AvgIpc) is 1.63. The van der Waals surface area contributed by atoms with E-state index in [1.54, 1.807) is 0 Å². The Morgan fingerprint density at radius 2 is 0.299 bits per heavy atom. The van der Waals surface area contributed by atoms with Crippen molar-refractivity contribution in [2.45, 2.75) is 663 Å². The summed E-state index contributed by atoms with van der Waals surface area (Å²) in [6.07, 6.45) is 71.3. The molecule has 7 nitrogen and oxygen atoms in total. The lowest BCUT2D eigenvalue weighted by molar-refractivity contribution is -0.266. The largest absolute Gasteiger partial charge is 0.387 e. The van der Waals surface area contributed by atoms with Crippen molar-refractivity contribution in [2.75, 3.05) is 0 Å². The van der Waals surface area contributed by atoms with Gasteiger partial charge in [0.15, 0.2) is 0 Å². The van der Waals surface area contributed by atoms with Gasteiger partial charge in [0.2, 0.25) is 0 Å². The Hall–Kier alpha value is -0.280. The van der Waals surface area contributed by atoms with Gasteiger partial charge in [-0.15, -0.1) is 0 Å². The zero-order valence-corrected chi connectivity index (χ0v) is 92.2. The first-order valence-electron chi connectivity index (χ1n) is 57.6. The molecule has 0 unspecified atom stereocenters. The molecule has 0 radical (unpaired) electrons. The van der Waals surface area contributed by atoms with Crippen LogP contribution in [0.5, 0.6) is 0 Å². The standard InChI is InChI=1S/C120H236O7/c1-91(2)49-31-55-97(13)61-37-67-103(19)73-43-85-115(25,121)109-79-81-111(123-109)117(27,87-45-75-105(21)69-39-63-99(15)57-33-51-93(5)6)126-119(29,89-47-77-107(23)71-41-65-101(17)59-35-53-95(9)10)113-83-84-114(125-113)120(30,90-48-78-108(24)72-42-66-102(18)60-36-54-96(11)12)127-118(28,88-46-76-106(22)70-40-64-100(16)58-34-52-94(7)8)112-82-80-110(124-112)116(26,122)86-44-74-104(20)68-38-62-98(14)56-32-50-92(3)4/h91-114,121-122H,31-90H2,1-30H3/t97-,98-,99-,100-,101-,102-,103-,104-,105-,106-,107-,108-,109-,110-,111-,112-,113-,114-,115+,116+,117+,118+,119+,120+/m1/s1. The second-order valence-electron chi connectivity index (χ2n) is 51.4. The summed E-state index contributed by atoms with van der Waals surface area (Å²) in [7, 11) is 0. The van der Waals surface area contributed by atoms with Gasteiger partial charge in [0, 0.05) is 0 Å². The molecule has 0 aromatic heterocycles. The third-order valence-electron chi connectivity index (χ3n) is 33.6. The summed E-state index contributed by atoms with van der Waals surface area (Å²) in [4.78, 5) is 0. The van der Waals surface area contributed by atoms with Gasteiger partial charge in [-0.1, -0.05) is 474 Å². The molecule has 3 fully saturated rings. The van der Waals surface area contributed by atoms with Crippen LogP contribution in [0, 0.1) is 107 Å². The van der Waals surface area contributed by atoms with Crippen LogP contribution in [0.15, 0.2) is 0 Å². The molecular weight excluding hydrogens is 1550 g/mol. The molecule has 0 spiro atoms. The van der Waals surface area contributed by atoms with Crippen molar-refractivity contribution in [1.82, 2.24) is 0 Å². The molecule has 3 rings (SSSR count). The van der Waals surface area contributed by atoms with Crippen molar-refractivity contribution in [2.24, 2.45) is 107 Å². The van der Waals surface area contributed by atoms with E-state index in [1.165, 1.54) is 257 Å². The zero-order valence-electron chi connectivity index (χ0n) is 92.2. The van der Waals surface area contributed by atoms with E-state index in [2.05, 4.69) is 208 Å². The Bertz CT molecular complexity index is 2420. The maximum absolute atomic E-state index is 12.8. The Morgan fingerprint density at radius 1 is 0.181 bits per heavy atom. The SMILES string of the molecule is CC(C)CCC[C@@H](C)CCC[C@@H](C)CCC[C@](C)(O)[C@H]1CC[C@H]([C@](C)(CCC[C@H](C)CCC[C@H](C)CCCC(C)C)O[C@@](C)(CCC[C@H](C)CCC[C@H](C)CCCC(C)C)[C@H]2CC[C@H]([C@](C)(CCC[C@H](C)CCC[C@H](C)CCCC(C)C)O[C@@](C)(CCC[C@H](C)CCC[C@H](C)CCCC(C)C)[C@H]3CC[C@H]([C@@](C)(O)CCC[C@H](C)CCC[C@H](C)CCCC(C)C)O3)O2)O1. The smallest absolute Gasteiger partial charge is 0.0923 e. The topological polar surface area (TPSA) is 86.6 Å². The molecule has 3 saturated heterocycles.